The van der Waals surface area contributed by atoms with Crippen LogP contribution in [0.4, 0.5) is 0 Å². The fourth-order valence-electron chi connectivity index (χ4n) is 3.82. The zero-order valence-corrected chi connectivity index (χ0v) is 13.4. The van der Waals surface area contributed by atoms with Crippen LogP contribution in [0.15, 0.2) is 6.07 Å². The Hall–Kier alpha value is -1.29. The maximum absolute atomic E-state index is 12.4. The number of carbonyl (C=O) groups is 1. The predicted octanol–water partition coefficient (Wildman–Crippen LogP) is 2.42. The monoisotopic (exact) mass is 290 g/mol. The highest BCUT2D eigenvalue weighted by molar-refractivity contribution is 5.76. The Morgan fingerprint density at radius 3 is 2.71 bits per heavy atom. The number of rotatable bonds is 2. The number of nitrogens with zero attached hydrogens (tertiary/aromatic N) is 2. The third kappa shape index (κ3) is 2.73. The number of hydrogen-bond acceptors (Lipinski definition) is 2. The second kappa shape index (κ2) is 5.16. The van der Waals surface area contributed by atoms with Gasteiger partial charge in [-0.2, -0.15) is 0 Å². The number of hydrogen-bond donors (Lipinski definition) is 1. The fraction of sp³-hybridized carbons (Fsp3) is 0.706. The van der Waals surface area contributed by atoms with Crippen molar-refractivity contribution in [2.75, 3.05) is 13.1 Å². The summed E-state index contributed by atoms with van der Waals surface area (Å²) < 4.78 is 2.13. The molecule has 1 N–H and O–H groups in total. The molecule has 2 aliphatic rings. The van der Waals surface area contributed by atoms with Gasteiger partial charge in [-0.25, -0.2) is 0 Å². The average molecular weight is 290 g/mol. The zero-order valence-electron chi connectivity index (χ0n) is 13.4. The van der Waals surface area contributed by atoms with Crippen LogP contribution in [-0.2, 0) is 17.8 Å². The lowest BCUT2D eigenvalue weighted by Gasteiger charge is -2.34. The van der Waals surface area contributed by atoms with Gasteiger partial charge < -0.3 is 14.6 Å². The summed E-state index contributed by atoms with van der Waals surface area (Å²) in [7, 11) is 0. The van der Waals surface area contributed by atoms with Crippen LogP contribution >= 0.6 is 0 Å². The first kappa shape index (κ1) is 14.6. The number of aryl methyl sites for hydroxylation is 1. The molecule has 3 rings (SSSR count). The average Bonchev–Trinajstić information content (AvgIpc) is 2.99. The van der Waals surface area contributed by atoms with Crippen molar-refractivity contribution in [2.24, 2.45) is 5.41 Å². The molecular weight excluding hydrogens is 264 g/mol. The van der Waals surface area contributed by atoms with E-state index in [1.54, 1.807) is 0 Å². The minimum atomic E-state index is -0.398. The number of amides is 1. The van der Waals surface area contributed by atoms with Crippen LogP contribution in [-0.4, -0.2) is 33.6 Å². The summed E-state index contributed by atoms with van der Waals surface area (Å²) in [6.07, 6.45) is 3.58. The van der Waals surface area contributed by atoms with Gasteiger partial charge in [-0.15, -0.1) is 0 Å². The van der Waals surface area contributed by atoms with Crippen LogP contribution in [0.3, 0.4) is 0 Å². The van der Waals surface area contributed by atoms with E-state index in [1.165, 1.54) is 0 Å². The molecule has 0 bridgehead atoms. The van der Waals surface area contributed by atoms with Gasteiger partial charge in [0.1, 0.15) is 6.54 Å². The maximum Gasteiger partial charge on any atom is 0.242 e. The highest BCUT2D eigenvalue weighted by atomic mass is 16.3. The van der Waals surface area contributed by atoms with E-state index in [2.05, 4.69) is 24.5 Å². The molecule has 1 aliphatic carbocycles. The van der Waals surface area contributed by atoms with E-state index < -0.39 is 6.10 Å². The molecule has 1 aromatic rings. The summed E-state index contributed by atoms with van der Waals surface area (Å²) in [5, 5.41) is 10.4. The molecule has 1 aliphatic heterocycles. The smallest absolute Gasteiger partial charge is 0.242 e. The van der Waals surface area contributed by atoms with Crippen molar-refractivity contribution in [3.8, 4) is 0 Å². The van der Waals surface area contributed by atoms with E-state index >= 15 is 0 Å². The number of fused-ring (bicyclic) bond motifs is 1. The largest absolute Gasteiger partial charge is 0.388 e. The number of aliphatic hydroxyl groups excluding tert-OH is 1. The third-order valence-corrected chi connectivity index (χ3v) is 4.95. The summed E-state index contributed by atoms with van der Waals surface area (Å²) in [6, 6.07) is 2.06. The van der Waals surface area contributed by atoms with Gasteiger partial charge >= 0.3 is 0 Å². The second-order valence-electron chi connectivity index (χ2n) is 7.42. The number of aromatic nitrogens is 1. The van der Waals surface area contributed by atoms with E-state index in [-0.39, 0.29) is 11.3 Å². The van der Waals surface area contributed by atoms with Crippen LogP contribution in [0.5, 0.6) is 0 Å². The van der Waals surface area contributed by atoms with E-state index in [1.807, 2.05) is 11.8 Å². The third-order valence-electron chi connectivity index (χ3n) is 4.95. The highest BCUT2D eigenvalue weighted by Gasteiger charge is 2.34. The zero-order chi connectivity index (χ0) is 15.2. The Morgan fingerprint density at radius 1 is 1.38 bits per heavy atom. The van der Waals surface area contributed by atoms with Crippen LogP contribution in [0.25, 0.3) is 0 Å². The Bertz CT molecular complexity index is 553. The molecule has 0 aromatic carbocycles. The molecular formula is C17H26N2O2. The number of aliphatic hydroxyl groups is 1. The Balaban J connectivity index is 1.87. The summed E-state index contributed by atoms with van der Waals surface area (Å²) in [4.78, 5) is 14.4. The molecule has 0 radical (unpaired) electrons. The lowest BCUT2D eigenvalue weighted by Crippen LogP contribution is -2.33. The van der Waals surface area contributed by atoms with E-state index in [0.717, 1.165) is 55.7 Å². The van der Waals surface area contributed by atoms with Crippen LogP contribution in [0.1, 0.15) is 56.2 Å². The lowest BCUT2D eigenvalue weighted by molar-refractivity contribution is -0.130. The molecule has 4 nitrogen and oxygen atoms in total. The van der Waals surface area contributed by atoms with Crippen molar-refractivity contribution in [1.82, 2.24) is 9.47 Å². The first-order chi connectivity index (χ1) is 9.87. The van der Waals surface area contributed by atoms with Crippen LogP contribution in [0.2, 0.25) is 0 Å². The first-order valence-corrected chi connectivity index (χ1v) is 8.02. The van der Waals surface area contributed by atoms with Crippen molar-refractivity contribution >= 4 is 5.91 Å². The predicted molar refractivity (Wildman–Crippen MR) is 82.0 cm³/mol. The van der Waals surface area contributed by atoms with E-state index in [4.69, 9.17) is 0 Å². The SMILES string of the molecule is Cc1cc2c(n1CC(=O)N1CCCC1)CC(C)(C)CC2O. The van der Waals surface area contributed by atoms with Gasteiger partial charge in [0.25, 0.3) is 0 Å². The topological polar surface area (TPSA) is 45.5 Å². The molecule has 1 fully saturated rings. The maximum atomic E-state index is 12.4. The molecule has 4 heteroatoms. The van der Waals surface area contributed by atoms with Crippen molar-refractivity contribution in [2.45, 2.75) is 59.1 Å². The van der Waals surface area contributed by atoms with Gasteiger partial charge in [0.15, 0.2) is 0 Å². The standard InChI is InChI=1S/C17H26N2O2/c1-12-8-13-14(9-17(2,3)10-15(13)20)19(12)11-16(21)18-6-4-5-7-18/h8,15,20H,4-7,9-11H2,1-3H3. The molecule has 0 saturated carbocycles. The Morgan fingerprint density at radius 2 is 2.05 bits per heavy atom. The van der Waals surface area contributed by atoms with Gasteiger partial charge in [-0.3, -0.25) is 4.79 Å². The van der Waals surface area contributed by atoms with Gasteiger partial charge in [-0.05, 0) is 44.1 Å². The van der Waals surface area contributed by atoms with Crippen LogP contribution in [0, 0.1) is 12.3 Å². The molecule has 1 atom stereocenters. The normalized spacial score (nSPS) is 24.2. The number of carbonyl (C=O) groups excluding carboxylic acids is 1. The molecule has 1 aromatic heterocycles. The molecule has 116 valence electrons. The molecule has 1 unspecified atom stereocenters. The lowest BCUT2D eigenvalue weighted by atomic mass is 9.75. The molecule has 1 amide bonds. The minimum absolute atomic E-state index is 0.0889. The van der Waals surface area contributed by atoms with E-state index in [9.17, 15) is 9.90 Å². The van der Waals surface area contributed by atoms with Crippen molar-refractivity contribution < 1.29 is 9.90 Å². The second-order valence-corrected chi connectivity index (χ2v) is 7.42. The Labute approximate surface area is 126 Å². The quantitative estimate of drug-likeness (QED) is 0.909. The molecule has 2 heterocycles. The molecule has 1 saturated heterocycles. The summed E-state index contributed by atoms with van der Waals surface area (Å²) in [5.74, 6) is 0.215. The van der Waals surface area contributed by atoms with Crippen molar-refractivity contribution in [1.29, 1.82) is 0 Å². The van der Waals surface area contributed by atoms with Gasteiger partial charge in [0.2, 0.25) is 5.91 Å². The summed E-state index contributed by atoms with van der Waals surface area (Å²) in [5.41, 5.74) is 3.36. The Kier molecular flexibility index (Phi) is 3.60. The van der Waals surface area contributed by atoms with Gasteiger partial charge in [0.05, 0.1) is 6.10 Å². The highest BCUT2D eigenvalue weighted by Crippen LogP contribution is 2.41. The number of likely N-dealkylation sites (tertiary alicyclic amines) is 1. The summed E-state index contributed by atoms with van der Waals surface area (Å²) in [6.45, 7) is 8.63. The van der Waals surface area contributed by atoms with Gasteiger partial charge in [-0.1, -0.05) is 13.8 Å². The van der Waals surface area contributed by atoms with Crippen LogP contribution < -0.4 is 0 Å². The summed E-state index contributed by atoms with van der Waals surface area (Å²) >= 11 is 0. The first-order valence-electron chi connectivity index (χ1n) is 8.02. The van der Waals surface area contributed by atoms with Gasteiger partial charge in [0, 0.05) is 30.0 Å². The van der Waals surface area contributed by atoms with E-state index in [0.29, 0.717) is 6.54 Å². The minimum Gasteiger partial charge on any atom is -0.388 e. The molecule has 21 heavy (non-hydrogen) atoms. The van der Waals surface area contributed by atoms with Crippen molar-refractivity contribution in [3.05, 3.63) is 23.0 Å². The molecule has 0 spiro atoms. The fourth-order valence-corrected chi connectivity index (χ4v) is 3.82. The van der Waals surface area contributed by atoms with Crippen molar-refractivity contribution in [3.63, 3.8) is 0 Å².